The van der Waals surface area contributed by atoms with Crippen molar-refractivity contribution >= 4 is 17.6 Å². The van der Waals surface area contributed by atoms with Crippen LogP contribution in [0, 0.1) is 0 Å². The number of aromatic carboxylic acids is 1. The summed E-state index contributed by atoms with van der Waals surface area (Å²) in [7, 11) is 0. The molecule has 0 unspecified atom stereocenters. The number of amides is 1. The molecule has 0 bridgehead atoms. The smallest absolute Gasteiger partial charge is 0.335 e. The largest absolute Gasteiger partial charge is 0.489 e. The molecule has 0 aliphatic carbocycles. The van der Waals surface area contributed by atoms with E-state index in [-0.39, 0.29) is 28.5 Å². The van der Waals surface area contributed by atoms with Gasteiger partial charge in [0.2, 0.25) is 0 Å². The zero-order valence-corrected chi connectivity index (χ0v) is 14.9. The Kier molecular flexibility index (Phi) is 5.15. The number of aromatic nitrogens is 1. The third kappa shape index (κ3) is 4.59. The number of carbonyl (C=O) groups excluding carboxylic acids is 1. The lowest BCUT2D eigenvalue weighted by molar-refractivity contribution is 0.0696. The van der Waals surface area contributed by atoms with Gasteiger partial charge in [-0.1, -0.05) is 25.9 Å². The maximum absolute atomic E-state index is 12.4. The predicted octanol–water partition coefficient (Wildman–Crippen LogP) is 3.71. The van der Waals surface area contributed by atoms with Crippen molar-refractivity contribution in [2.75, 3.05) is 5.32 Å². The molecular formula is C18H22N2O5. The molecule has 0 saturated heterocycles. The van der Waals surface area contributed by atoms with Crippen LogP contribution in [0.2, 0.25) is 0 Å². The molecule has 0 spiro atoms. The van der Waals surface area contributed by atoms with Crippen LogP contribution in [0.1, 0.15) is 61.2 Å². The van der Waals surface area contributed by atoms with E-state index in [0.29, 0.717) is 11.5 Å². The van der Waals surface area contributed by atoms with E-state index in [1.165, 1.54) is 18.2 Å². The van der Waals surface area contributed by atoms with Gasteiger partial charge >= 0.3 is 5.97 Å². The number of ether oxygens (including phenoxy) is 1. The molecule has 2 N–H and O–H groups in total. The van der Waals surface area contributed by atoms with Crippen LogP contribution in [-0.2, 0) is 5.41 Å². The van der Waals surface area contributed by atoms with Crippen LogP contribution in [0.5, 0.6) is 5.75 Å². The van der Waals surface area contributed by atoms with E-state index >= 15 is 0 Å². The van der Waals surface area contributed by atoms with Gasteiger partial charge in [0.05, 0.1) is 17.4 Å². The van der Waals surface area contributed by atoms with Gasteiger partial charge in [-0.15, -0.1) is 0 Å². The summed E-state index contributed by atoms with van der Waals surface area (Å²) in [6, 6.07) is 5.86. The molecular weight excluding hydrogens is 324 g/mol. The monoisotopic (exact) mass is 346 g/mol. The third-order valence-electron chi connectivity index (χ3n) is 3.32. The molecule has 0 saturated carbocycles. The normalized spacial score (nSPS) is 11.4. The molecule has 134 valence electrons. The summed E-state index contributed by atoms with van der Waals surface area (Å²) in [5.41, 5.74) is 0.141. The van der Waals surface area contributed by atoms with E-state index in [0.717, 1.165) is 0 Å². The summed E-state index contributed by atoms with van der Waals surface area (Å²) in [6.07, 6.45) is -0.133. The quantitative estimate of drug-likeness (QED) is 0.856. The number of carboxylic acids is 1. The van der Waals surface area contributed by atoms with Crippen LogP contribution in [0.15, 0.2) is 28.8 Å². The number of carbonyl (C=O) groups is 2. The molecule has 0 radical (unpaired) electrons. The van der Waals surface area contributed by atoms with E-state index < -0.39 is 11.9 Å². The molecule has 7 nitrogen and oxygen atoms in total. The van der Waals surface area contributed by atoms with Gasteiger partial charge in [0.1, 0.15) is 11.5 Å². The zero-order valence-electron chi connectivity index (χ0n) is 14.9. The van der Waals surface area contributed by atoms with Crippen molar-refractivity contribution in [3.8, 4) is 5.75 Å². The highest BCUT2D eigenvalue weighted by atomic mass is 16.5. The first-order chi connectivity index (χ1) is 11.6. The number of nitrogens with one attached hydrogen (secondary N) is 1. The number of benzene rings is 1. The molecule has 1 amide bonds. The molecule has 2 rings (SSSR count). The summed E-state index contributed by atoms with van der Waals surface area (Å²) >= 11 is 0. The summed E-state index contributed by atoms with van der Waals surface area (Å²) in [4.78, 5) is 23.6. The maximum atomic E-state index is 12.4. The first-order valence-corrected chi connectivity index (χ1v) is 7.90. The van der Waals surface area contributed by atoms with Crippen molar-refractivity contribution in [1.29, 1.82) is 0 Å². The minimum Gasteiger partial charge on any atom is -0.489 e. The van der Waals surface area contributed by atoms with Crippen LogP contribution in [-0.4, -0.2) is 28.2 Å². The minimum atomic E-state index is -1.09. The molecule has 25 heavy (non-hydrogen) atoms. The van der Waals surface area contributed by atoms with Gasteiger partial charge in [-0.3, -0.25) is 4.79 Å². The number of rotatable bonds is 5. The number of nitrogens with zero attached hydrogens (tertiary/aromatic N) is 1. The second-order valence-electron chi connectivity index (χ2n) is 6.96. The minimum absolute atomic E-state index is 0.0435. The number of carboxylic acid groups (broad SMARTS) is 1. The highest BCUT2D eigenvalue weighted by Crippen LogP contribution is 2.28. The number of hydrogen-bond acceptors (Lipinski definition) is 5. The van der Waals surface area contributed by atoms with Crippen molar-refractivity contribution in [2.24, 2.45) is 0 Å². The summed E-state index contributed by atoms with van der Waals surface area (Å²) in [5.74, 6) is -0.637. The van der Waals surface area contributed by atoms with Gasteiger partial charge in [0.25, 0.3) is 5.91 Å². The lowest BCUT2D eigenvalue weighted by Gasteiger charge is -2.15. The van der Waals surface area contributed by atoms with E-state index in [1.807, 2.05) is 34.6 Å². The fourth-order valence-corrected chi connectivity index (χ4v) is 2.04. The van der Waals surface area contributed by atoms with Gasteiger partial charge < -0.3 is 19.7 Å². The van der Waals surface area contributed by atoms with Crippen LogP contribution < -0.4 is 10.1 Å². The van der Waals surface area contributed by atoms with Crippen LogP contribution >= 0.6 is 0 Å². The van der Waals surface area contributed by atoms with E-state index in [4.69, 9.17) is 14.4 Å². The Labute approximate surface area is 146 Å². The Bertz CT molecular complexity index is 787. The van der Waals surface area contributed by atoms with Gasteiger partial charge in [-0.2, -0.15) is 0 Å². The average Bonchev–Trinajstić information content (AvgIpc) is 2.98. The van der Waals surface area contributed by atoms with Gasteiger partial charge in [0, 0.05) is 11.5 Å². The van der Waals surface area contributed by atoms with Crippen LogP contribution in [0.25, 0.3) is 0 Å². The molecule has 0 aliphatic rings. The Morgan fingerprint density at radius 3 is 2.44 bits per heavy atom. The van der Waals surface area contributed by atoms with Crippen LogP contribution in [0.3, 0.4) is 0 Å². The molecule has 0 fully saturated rings. The fraction of sp³-hybridized carbons (Fsp3) is 0.389. The van der Waals surface area contributed by atoms with Gasteiger partial charge in [-0.25, -0.2) is 4.79 Å². The number of hydrogen-bond donors (Lipinski definition) is 2. The van der Waals surface area contributed by atoms with Gasteiger partial charge in [-0.05, 0) is 32.0 Å². The Balaban J connectivity index is 2.30. The second kappa shape index (κ2) is 6.96. The molecule has 1 aromatic carbocycles. The molecule has 7 heteroatoms. The first kappa shape index (κ1) is 18.5. The number of anilines is 1. The maximum Gasteiger partial charge on any atom is 0.335 e. The molecule has 1 heterocycles. The van der Waals surface area contributed by atoms with Crippen molar-refractivity contribution in [3.63, 3.8) is 0 Å². The summed E-state index contributed by atoms with van der Waals surface area (Å²) in [5, 5.41) is 15.6. The third-order valence-corrected chi connectivity index (χ3v) is 3.32. The standard InChI is InChI=1S/C18H22N2O5/c1-10(2)24-14-7-6-11(17(22)23)8-12(14)19-16(21)13-9-15(25-20-13)18(3,4)5/h6-10H,1-5H3,(H,19,21)(H,22,23). The Morgan fingerprint density at radius 1 is 1.24 bits per heavy atom. The fourth-order valence-electron chi connectivity index (χ4n) is 2.04. The first-order valence-electron chi connectivity index (χ1n) is 7.90. The van der Waals surface area contributed by atoms with Crippen molar-refractivity contribution < 1.29 is 24.0 Å². The zero-order chi connectivity index (χ0) is 18.8. The van der Waals surface area contributed by atoms with Crippen LogP contribution in [0.4, 0.5) is 5.69 Å². The predicted molar refractivity (Wildman–Crippen MR) is 92.3 cm³/mol. The lowest BCUT2D eigenvalue weighted by atomic mass is 9.93. The molecule has 2 aromatic rings. The van der Waals surface area contributed by atoms with Crippen molar-refractivity contribution in [2.45, 2.75) is 46.1 Å². The lowest BCUT2D eigenvalue weighted by Crippen LogP contribution is -2.16. The van der Waals surface area contributed by atoms with Crippen molar-refractivity contribution in [1.82, 2.24) is 5.16 Å². The van der Waals surface area contributed by atoms with E-state index in [9.17, 15) is 9.59 Å². The Hall–Kier alpha value is -2.83. The van der Waals surface area contributed by atoms with E-state index in [2.05, 4.69) is 10.5 Å². The summed E-state index contributed by atoms with van der Waals surface area (Å²) < 4.78 is 10.8. The Morgan fingerprint density at radius 2 is 1.92 bits per heavy atom. The molecule has 1 aromatic heterocycles. The SMILES string of the molecule is CC(C)Oc1ccc(C(=O)O)cc1NC(=O)c1cc(C(C)(C)C)on1. The molecule has 0 aliphatic heterocycles. The average molecular weight is 346 g/mol. The topological polar surface area (TPSA) is 102 Å². The molecule has 0 atom stereocenters. The second-order valence-corrected chi connectivity index (χ2v) is 6.96. The summed E-state index contributed by atoms with van der Waals surface area (Å²) in [6.45, 7) is 9.51. The van der Waals surface area contributed by atoms with Crippen molar-refractivity contribution in [3.05, 3.63) is 41.3 Å². The highest BCUT2D eigenvalue weighted by Gasteiger charge is 2.23. The van der Waals surface area contributed by atoms with Gasteiger partial charge in [0.15, 0.2) is 5.69 Å². The highest BCUT2D eigenvalue weighted by molar-refractivity contribution is 6.04. The van der Waals surface area contributed by atoms with E-state index in [1.54, 1.807) is 6.07 Å².